The number of phenols is 1. The van der Waals surface area contributed by atoms with Crippen LogP contribution >= 0.6 is 0 Å². The van der Waals surface area contributed by atoms with E-state index >= 15 is 0 Å². The van der Waals surface area contributed by atoms with E-state index in [-0.39, 0.29) is 11.8 Å². The summed E-state index contributed by atoms with van der Waals surface area (Å²) in [7, 11) is 6.42. The Hall–Kier alpha value is -4.07. The zero-order valence-corrected chi connectivity index (χ0v) is 19.4. The molecule has 0 unspecified atom stereocenters. The summed E-state index contributed by atoms with van der Waals surface area (Å²) in [5, 5.41) is 17.4. The number of ether oxygens (including phenoxy) is 5. The molecule has 3 aromatic rings. The van der Waals surface area contributed by atoms with Crippen LogP contribution in [0.5, 0.6) is 34.5 Å². The number of hydrogen-bond acceptors (Lipinski definition) is 8. The van der Waals surface area contributed by atoms with Crippen molar-refractivity contribution in [1.29, 1.82) is 0 Å². The smallest absolute Gasteiger partial charge is 0.214 e. The molecule has 0 fully saturated rings. The Morgan fingerprint density at radius 2 is 1.68 bits per heavy atom. The van der Waals surface area contributed by atoms with E-state index in [4.69, 9.17) is 28.8 Å². The standard InChI is InChI=1S/C26H26N2O6/c1-30-16-9-10-21(29)18(13-16)19-14-20-17-6-5-7-23(32-3)25(17)34-26(28(20)27-19)15-8-11-22(31-2)24(12-15)33-4/h5-13,20,26,29H,14H2,1-4H3/t20-,26+/m1/s1. The number of para-hydroxylation sites is 1. The highest BCUT2D eigenvalue weighted by Gasteiger charge is 2.42. The van der Waals surface area contributed by atoms with Crippen LogP contribution in [0.2, 0.25) is 0 Å². The Morgan fingerprint density at radius 1 is 0.882 bits per heavy atom. The van der Waals surface area contributed by atoms with Gasteiger partial charge >= 0.3 is 0 Å². The van der Waals surface area contributed by atoms with Gasteiger partial charge in [0, 0.05) is 23.1 Å². The van der Waals surface area contributed by atoms with Crippen LogP contribution in [0, 0.1) is 0 Å². The zero-order chi connectivity index (χ0) is 23.8. The second kappa shape index (κ2) is 8.70. The number of phenolic OH excluding ortho intramolecular Hbond substituents is 1. The Morgan fingerprint density at radius 3 is 2.41 bits per heavy atom. The maximum absolute atomic E-state index is 10.6. The molecule has 0 spiro atoms. The summed E-state index contributed by atoms with van der Waals surface area (Å²) in [6.45, 7) is 0. The van der Waals surface area contributed by atoms with Gasteiger partial charge in [0.1, 0.15) is 11.5 Å². The molecule has 5 rings (SSSR count). The van der Waals surface area contributed by atoms with Gasteiger partial charge in [-0.3, -0.25) is 0 Å². The molecule has 34 heavy (non-hydrogen) atoms. The minimum absolute atomic E-state index is 0.113. The first-order valence-electron chi connectivity index (χ1n) is 10.9. The molecule has 2 heterocycles. The van der Waals surface area contributed by atoms with Gasteiger partial charge in [0.15, 0.2) is 23.0 Å². The van der Waals surface area contributed by atoms with Crippen molar-refractivity contribution in [2.24, 2.45) is 5.10 Å². The average molecular weight is 463 g/mol. The number of rotatable bonds is 6. The molecule has 0 saturated heterocycles. The first kappa shape index (κ1) is 21.8. The number of methoxy groups -OCH3 is 4. The molecule has 8 heteroatoms. The van der Waals surface area contributed by atoms with Crippen molar-refractivity contribution >= 4 is 5.71 Å². The van der Waals surface area contributed by atoms with Crippen molar-refractivity contribution in [3.8, 4) is 34.5 Å². The summed E-state index contributed by atoms with van der Waals surface area (Å²) in [6, 6.07) is 16.5. The van der Waals surface area contributed by atoms with E-state index in [2.05, 4.69) is 0 Å². The van der Waals surface area contributed by atoms with E-state index in [1.54, 1.807) is 46.6 Å². The number of aromatic hydroxyl groups is 1. The Labute approximate surface area is 197 Å². The summed E-state index contributed by atoms with van der Waals surface area (Å²) < 4.78 is 28.4. The molecule has 2 aliphatic heterocycles. The molecule has 0 bridgehead atoms. The lowest BCUT2D eigenvalue weighted by Gasteiger charge is -2.38. The molecular formula is C26H26N2O6. The van der Waals surface area contributed by atoms with Crippen molar-refractivity contribution in [3.63, 3.8) is 0 Å². The zero-order valence-electron chi connectivity index (χ0n) is 19.4. The first-order chi connectivity index (χ1) is 16.6. The van der Waals surface area contributed by atoms with E-state index < -0.39 is 6.23 Å². The molecule has 0 saturated carbocycles. The van der Waals surface area contributed by atoms with Crippen molar-refractivity contribution in [1.82, 2.24) is 5.01 Å². The largest absolute Gasteiger partial charge is 0.507 e. The molecule has 0 radical (unpaired) electrons. The van der Waals surface area contributed by atoms with Gasteiger partial charge in [0.05, 0.1) is 40.2 Å². The van der Waals surface area contributed by atoms with Crippen LogP contribution in [-0.4, -0.2) is 44.3 Å². The van der Waals surface area contributed by atoms with Gasteiger partial charge < -0.3 is 28.8 Å². The second-order valence-electron chi connectivity index (χ2n) is 7.99. The molecule has 0 amide bonds. The van der Waals surface area contributed by atoms with Crippen molar-refractivity contribution in [2.45, 2.75) is 18.7 Å². The van der Waals surface area contributed by atoms with Gasteiger partial charge in [-0.05, 0) is 42.5 Å². The maximum atomic E-state index is 10.6. The maximum Gasteiger partial charge on any atom is 0.214 e. The van der Waals surface area contributed by atoms with E-state index in [1.807, 2.05) is 41.4 Å². The molecular weight excluding hydrogens is 436 g/mol. The predicted molar refractivity (Wildman–Crippen MR) is 126 cm³/mol. The molecule has 8 nitrogen and oxygen atoms in total. The summed E-state index contributed by atoms with van der Waals surface area (Å²) in [4.78, 5) is 0. The second-order valence-corrected chi connectivity index (χ2v) is 7.99. The van der Waals surface area contributed by atoms with Crippen LogP contribution in [0.25, 0.3) is 0 Å². The quantitative estimate of drug-likeness (QED) is 0.570. The Kier molecular flexibility index (Phi) is 5.57. The fourth-order valence-corrected chi connectivity index (χ4v) is 4.51. The Bertz CT molecular complexity index is 1260. The lowest BCUT2D eigenvalue weighted by Crippen LogP contribution is -2.33. The third-order valence-electron chi connectivity index (χ3n) is 6.21. The first-order valence-corrected chi connectivity index (χ1v) is 10.9. The summed E-state index contributed by atoms with van der Waals surface area (Å²) in [5.74, 6) is 3.35. The highest BCUT2D eigenvalue weighted by Crippen LogP contribution is 2.51. The fraction of sp³-hybridized carbons (Fsp3) is 0.269. The van der Waals surface area contributed by atoms with E-state index in [9.17, 15) is 5.11 Å². The minimum Gasteiger partial charge on any atom is -0.507 e. The van der Waals surface area contributed by atoms with Gasteiger partial charge in [-0.25, -0.2) is 5.01 Å². The van der Waals surface area contributed by atoms with Gasteiger partial charge in [0.2, 0.25) is 6.23 Å². The Balaban J connectivity index is 1.63. The van der Waals surface area contributed by atoms with Gasteiger partial charge in [-0.1, -0.05) is 12.1 Å². The molecule has 0 aromatic heterocycles. The van der Waals surface area contributed by atoms with E-state index in [0.717, 1.165) is 16.8 Å². The van der Waals surface area contributed by atoms with Crippen LogP contribution < -0.4 is 23.7 Å². The van der Waals surface area contributed by atoms with Gasteiger partial charge in [0.25, 0.3) is 0 Å². The molecule has 0 aliphatic carbocycles. The highest BCUT2D eigenvalue weighted by molar-refractivity contribution is 6.04. The number of hydrogen-bond donors (Lipinski definition) is 1. The number of hydrazone groups is 1. The highest BCUT2D eigenvalue weighted by atomic mass is 16.5. The predicted octanol–water partition coefficient (Wildman–Crippen LogP) is 4.67. The summed E-state index contributed by atoms with van der Waals surface area (Å²) in [5.41, 5.74) is 3.19. The molecule has 2 atom stereocenters. The normalized spacial score (nSPS) is 18.4. The molecule has 1 N–H and O–H groups in total. The third-order valence-corrected chi connectivity index (χ3v) is 6.21. The van der Waals surface area contributed by atoms with E-state index in [1.165, 1.54) is 0 Å². The summed E-state index contributed by atoms with van der Waals surface area (Å²) in [6.07, 6.45) is 0.0347. The van der Waals surface area contributed by atoms with Crippen LogP contribution in [0.4, 0.5) is 0 Å². The van der Waals surface area contributed by atoms with Crippen molar-refractivity contribution in [3.05, 3.63) is 71.3 Å². The number of fused-ring (bicyclic) bond motifs is 3. The monoisotopic (exact) mass is 462 g/mol. The number of benzene rings is 3. The lowest BCUT2D eigenvalue weighted by atomic mass is 9.95. The SMILES string of the molecule is COc1ccc(O)c(C2=NN3[C@H](C2)c2cccc(OC)c2O[C@H]3c2ccc(OC)c(OC)c2)c1. The topological polar surface area (TPSA) is 82.0 Å². The molecule has 2 aliphatic rings. The van der Waals surface area contributed by atoms with Gasteiger partial charge in [-0.2, -0.15) is 5.10 Å². The van der Waals surface area contributed by atoms with Gasteiger partial charge in [-0.15, -0.1) is 0 Å². The van der Waals surface area contributed by atoms with Crippen LogP contribution in [0.1, 0.15) is 35.4 Å². The fourth-order valence-electron chi connectivity index (χ4n) is 4.51. The van der Waals surface area contributed by atoms with Crippen molar-refractivity contribution < 1.29 is 28.8 Å². The van der Waals surface area contributed by atoms with Crippen LogP contribution in [0.3, 0.4) is 0 Å². The minimum atomic E-state index is -0.543. The van der Waals surface area contributed by atoms with E-state index in [0.29, 0.717) is 40.7 Å². The average Bonchev–Trinajstić information content (AvgIpc) is 3.33. The van der Waals surface area contributed by atoms with Crippen LogP contribution in [-0.2, 0) is 0 Å². The molecule has 176 valence electrons. The molecule has 3 aromatic carbocycles. The summed E-state index contributed by atoms with van der Waals surface area (Å²) >= 11 is 0. The van der Waals surface area contributed by atoms with Crippen LogP contribution in [0.15, 0.2) is 59.7 Å². The lowest BCUT2D eigenvalue weighted by molar-refractivity contribution is -0.0210. The van der Waals surface area contributed by atoms with Crippen molar-refractivity contribution in [2.75, 3.05) is 28.4 Å². The third kappa shape index (κ3) is 3.51. The number of nitrogens with zero attached hydrogens (tertiary/aromatic N) is 2.